The van der Waals surface area contributed by atoms with E-state index in [1.165, 1.54) is 0 Å². The fourth-order valence-corrected chi connectivity index (χ4v) is 3.49. The van der Waals surface area contributed by atoms with Crippen molar-refractivity contribution in [2.75, 3.05) is 26.2 Å². The van der Waals surface area contributed by atoms with Gasteiger partial charge in [0.1, 0.15) is 0 Å². The van der Waals surface area contributed by atoms with E-state index in [0.717, 1.165) is 41.8 Å². The summed E-state index contributed by atoms with van der Waals surface area (Å²) in [6, 6.07) is 5.69. The second-order valence-corrected chi connectivity index (χ2v) is 6.33. The van der Waals surface area contributed by atoms with E-state index < -0.39 is 12.6 Å². The highest BCUT2D eigenvalue weighted by atomic mass is 79.9. The van der Waals surface area contributed by atoms with Gasteiger partial charge in [0.05, 0.1) is 0 Å². The van der Waals surface area contributed by atoms with Crippen LogP contribution < -0.4 is 5.32 Å². The van der Waals surface area contributed by atoms with Crippen molar-refractivity contribution in [2.45, 2.75) is 32.0 Å². The van der Waals surface area contributed by atoms with Crippen molar-refractivity contribution < 1.29 is 13.2 Å². The summed E-state index contributed by atoms with van der Waals surface area (Å²) >= 11 is 3.51. The molecule has 2 nitrogen and oxygen atoms in total. The molecule has 1 aliphatic rings. The largest absolute Gasteiger partial charge is 0.389 e. The summed E-state index contributed by atoms with van der Waals surface area (Å²) in [5, 5.41) is 3.24. The Bertz CT molecular complexity index is 476. The number of nitrogens with one attached hydrogen (secondary N) is 1. The number of alkyl halides is 3. The molecule has 0 unspecified atom stereocenters. The topological polar surface area (TPSA) is 15.3 Å². The molecule has 0 amide bonds. The molecule has 1 aliphatic heterocycles. The standard InChI is InChI=1S/C15H20BrF3N2.ClH/c1-11-2-3-12(13(16)10-11)14(4-5-15(17,18)19)21-8-6-20-7-9-21;/h2-3,10,14,20H,4-9H2,1H3;1H/t14-;/m1./s1. The van der Waals surface area contributed by atoms with Gasteiger partial charge in [-0.25, -0.2) is 0 Å². The van der Waals surface area contributed by atoms with Gasteiger partial charge in [-0.3, -0.25) is 4.90 Å². The molecule has 2 rings (SSSR count). The Morgan fingerprint density at radius 2 is 1.91 bits per heavy atom. The number of halogens is 5. The molecule has 1 aromatic rings. The first kappa shape index (κ1) is 19.7. The molecule has 1 atom stereocenters. The summed E-state index contributed by atoms with van der Waals surface area (Å²) in [4.78, 5) is 2.15. The Hall–Kier alpha value is -0.300. The number of benzene rings is 1. The lowest BCUT2D eigenvalue weighted by Gasteiger charge is -2.36. The van der Waals surface area contributed by atoms with Gasteiger partial charge in [0, 0.05) is 43.1 Å². The summed E-state index contributed by atoms with van der Waals surface area (Å²) in [6.45, 7) is 5.19. The molecule has 1 aromatic carbocycles. The number of hydrogen-bond acceptors (Lipinski definition) is 2. The van der Waals surface area contributed by atoms with Crippen molar-refractivity contribution in [3.8, 4) is 0 Å². The van der Waals surface area contributed by atoms with Crippen molar-refractivity contribution in [3.63, 3.8) is 0 Å². The molecule has 7 heteroatoms. The first-order chi connectivity index (χ1) is 9.87. The molecule has 0 aliphatic carbocycles. The van der Waals surface area contributed by atoms with E-state index >= 15 is 0 Å². The fourth-order valence-electron chi connectivity index (χ4n) is 2.73. The van der Waals surface area contributed by atoms with E-state index in [0.29, 0.717) is 0 Å². The van der Waals surface area contributed by atoms with Gasteiger partial charge in [-0.1, -0.05) is 28.1 Å². The predicted molar refractivity (Wildman–Crippen MR) is 88.6 cm³/mol. The monoisotopic (exact) mass is 400 g/mol. The maximum atomic E-state index is 12.6. The molecule has 1 N–H and O–H groups in total. The van der Waals surface area contributed by atoms with E-state index in [-0.39, 0.29) is 24.9 Å². The van der Waals surface area contributed by atoms with Crippen LogP contribution in [0.5, 0.6) is 0 Å². The maximum absolute atomic E-state index is 12.6. The van der Waals surface area contributed by atoms with E-state index in [2.05, 4.69) is 26.1 Å². The van der Waals surface area contributed by atoms with E-state index in [1.54, 1.807) is 0 Å². The Morgan fingerprint density at radius 3 is 2.45 bits per heavy atom. The highest BCUT2D eigenvalue weighted by Crippen LogP contribution is 2.35. The van der Waals surface area contributed by atoms with E-state index in [1.807, 2.05) is 25.1 Å². The Balaban J connectivity index is 0.00000242. The summed E-state index contributed by atoms with van der Waals surface area (Å²) in [5.74, 6) is 0. The van der Waals surface area contributed by atoms with Crippen LogP contribution in [0, 0.1) is 6.92 Å². The van der Waals surface area contributed by atoms with Crippen molar-refractivity contribution in [1.82, 2.24) is 10.2 Å². The van der Waals surface area contributed by atoms with Crippen LogP contribution >= 0.6 is 28.3 Å². The van der Waals surface area contributed by atoms with Gasteiger partial charge >= 0.3 is 6.18 Å². The number of rotatable bonds is 4. The number of aryl methyl sites for hydroxylation is 1. The van der Waals surface area contributed by atoms with Crippen LogP contribution in [0.4, 0.5) is 13.2 Å². The second kappa shape index (κ2) is 8.52. The summed E-state index contributed by atoms with van der Waals surface area (Å²) in [5.41, 5.74) is 2.05. The zero-order valence-corrected chi connectivity index (χ0v) is 14.8. The highest BCUT2D eigenvalue weighted by molar-refractivity contribution is 9.10. The van der Waals surface area contributed by atoms with Crippen LogP contribution in [-0.4, -0.2) is 37.3 Å². The number of nitrogens with zero attached hydrogens (tertiary/aromatic N) is 1. The van der Waals surface area contributed by atoms with Crippen molar-refractivity contribution in [1.29, 1.82) is 0 Å². The van der Waals surface area contributed by atoms with Gasteiger partial charge in [0.2, 0.25) is 0 Å². The molecule has 126 valence electrons. The fraction of sp³-hybridized carbons (Fsp3) is 0.600. The average molecular weight is 402 g/mol. The third kappa shape index (κ3) is 5.72. The number of hydrogen-bond donors (Lipinski definition) is 1. The first-order valence-electron chi connectivity index (χ1n) is 7.14. The second-order valence-electron chi connectivity index (χ2n) is 5.48. The van der Waals surface area contributed by atoms with E-state index in [4.69, 9.17) is 0 Å². The molecule has 0 spiro atoms. The molecule has 1 heterocycles. The minimum absolute atomic E-state index is 0. The normalized spacial score (nSPS) is 17.9. The molecule has 0 aromatic heterocycles. The van der Waals surface area contributed by atoms with Crippen LogP contribution in [0.25, 0.3) is 0 Å². The lowest BCUT2D eigenvalue weighted by atomic mass is 9.98. The van der Waals surface area contributed by atoms with Crippen molar-refractivity contribution in [2.24, 2.45) is 0 Å². The predicted octanol–water partition coefficient (Wildman–Crippen LogP) is 4.47. The van der Waals surface area contributed by atoms with Gasteiger partial charge in [-0.05, 0) is 30.5 Å². The third-order valence-electron chi connectivity index (χ3n) is 3.81. The quantitative estimate of drug-likeness (QED) is 0.801. The zero-order chi connectivity index (χ0) is 15.5. The number of piperazine rings is 1. The lowest BCUT2D eigenvalue weighted by molar-refractivity contribution is -0.138. The van der Waals surface area contributed by atoms with Crippen LogP contribution in [0.2, 0.25) is 0 Å². The van der Waals surface area contributed by atoms with Gasteiger partial charge in [0.25, 0.3) is 0 Å². The summed E-state index contributed by atoms with van der Waals surface area (Å²) < 4.78 is 38.8. The minimum Gasteiger partial charge on any atom is -0.314 e. The Kier molecular flexibility index (Phi) is 7.65. The molecule has 22 heavy (non-hydrogen) atoms. The van der Waals surface area contributed by atoms with Crippen LogP contribution in [0.15, 0.2) is 22.7 Å². The van der Waals surface area contributed by atoms with Gasteiger partial charge in [-0.15, -0.1) is 12.4 Å². The lowest BCUT2D eigenvalue weighted by Crippen LogP contribution is -2.45. The maximum Gasteiger partial charge on any atom is 0.389 e. The third-order valence-corrected chi connectivity index (χ3v) is 4.50. The van der Waals surface area contributed by atoms with Gasteiger partial charge < -0.3 is 5.32 Å². The SMILES string of the molecule is Cc1ccc([C@@H](CCC(F)(F)F)N2CCNCC2)c(Br)c1.Cl. The molecule has 0 radical (unpaired) electrons. The average Bonchev–Trinajstić information content (AvgIpc) is 2.41. The summed E-state index contributed by atoms with van der Waals surface area (Å²) in [7, 11) is 0. The van der Waals surface area contributed by atoms with Gasteiger partial charge in [-0.2, -0.15) is 13.2 Å². The molecule has 0 saturated carbocycles. The first-order valence-corrected chi connectivity index (χ1v) is 7.94. The molecule has 0 bridgehead atoms. The summed E-state index contributed by atoms with van der Waals surface area (Å²) in [6.07, 6.45) is -4.75. The minimum atomic E-state index is -4.11. The van der Waals surface area contributed by atoms with Crippen molar-refractivity contribution in [3.05, 3.63) is 33.8 Å². The molecular weight excluding hydrogens is 381 g/mol. The van der Waals surface area contributed by atoms with E-state index in [9.17, 15) is 13.2 Å². The Morgan fingerprint density at radius 1 is 1.27 bits per heavy atom. The Labute approximate surface area is 144 Å². The van der Waals surface area contributed by atoms with Crippen LogP contribution in [0.1, 0.15) is 30.0 Å². The highest BCUT2D eigenvalue weighted by Gasteiger charge is 2.31. The molecule has 1 saturated heterocycles. The molecular formula is C15H21BrClF3N2. The van der Waals surface area contributed by atoms with Crippen LogP contribution in [-0.2, 0) is 0 Å². The molecule has 1 fully saturated rings. The van der Waals surface area contributed by atoms with Gasteiger partial charge in [0.15, 0.2) is 0 Å². The smallest absolute Gasteiger partial charge is 0.314 e. The zero-order valence-electron chi connectivity index (χ0n) is 12.4. The van der Waals surface area contributed by atoms with Crippen LogP contribution in [0.3, 0.4) is 0 Å². The van der Waals surface area contributed by atoms with Crippen molar-refractivity contribution >= 4 is 28.3 Å².